The average molecular weight is 457 g/mol. The van der Waals surface area contributed by atoms with Gasteiger partial charge >= 0.3 is 29.6 Å². The number of para-hydroxylation sites is 1. The fraction of sp³-hybridized carbons (Fsp3) is 0.500. The molecular formula is C24H33NaO5S. The summed E-state index contributed by atoms with van der Waals surface area (Å²) < 4.78 is 38.3. The third kappa shape index (κ3) is 10.4. The van der Waals surface area contributed by atoms with Crippen LogP contribution in [0.25, 0.3) is 0 Å². The molecule has 0 aromatic heterocycles. The third-order valence-electron chi connectivity index (χ3n) is 5.17. The maximum Gasteiger partial charge on any atom is 1.00 e. The van der Waals surface area contributed by atoms with Crippen LogP contribution in [-0.4, -0.2) is 13.0 Å². The SMILES string of the molecule is CCCCCCCCCCCCc1cc(S(=O)(=O)O)cc(Oc2ccccc2)c1[O-].[Na+]. The van der Waals surface area contributed by atoms with Crippen LogP contribution in [-0.2, 0) is 16.5 Å². The van der Waals surface area contributed by atoms with E-state index in [2.05, 4.69) is 6.92 Å². The van der Waals surface area contributed by atoms with Gasteiger partial charge in [-0.3, -0.25) is 4.55 Å². The Balaban J connectivity index is 0.00000480. The normalized spacial score (nSPS) is 11.2. The maximum atomic E-state index is 12.7. The molecule has 0 saturated heterocycles. The van der Waals surface area contributed by atoms with Crippen molar-refractivity contribution in [1.82, 2.24) is 0 Å². The Bertz CT molecular complexity index is 869. The molecule has 0 heterocycles. The molecule has 31 heavy (non-hydrogen) atoms. The Morgan fingerprint density at radius 3 is 1.97 bits per heavy atom. The molecule has 0 aliphatic heterocycles. The van der Waals surface area contributed by atoms with Gasteiger partial charge in [-0.2, -0.15) is 8.42 Å². The molecule has 7 heteroatoms. The van der Waals surface area contributed by atoms with Crippen LogP contribution >= 0.6 is 0 Å². The first-order valence-corrected chi connectivity index (χ1v) is 12.4. The van der Waals surface area contributed by atoms with Crippen molar-refractivity contribution in [3.63, 3.8) is 0 Å². The molecule has 0 fully saturated rings. The summed E-state index contributed by atoms with van der Waals surface area (Å²) in [5.74, 6) is 0.0209. The predicted octanol–water partition coefficient (Wildman–Crippen LogP) is 3.27. The average Bonchev–Trinajstić information content (AvgIpc) is 2.71. The van der Waals surface area contributed by atoms with Gasteiger partial charge in [-0.1, -0.05) is 94.2 Å². The first-order valence-electron chi connectivity index (χ1n) is 11.0. The second kappa shape index (κ2) is 14.9. The van der Waals surface area contributed by atoms with Crippen molar-refractivity contribution < 1.29 is 52.4 Å². The van der Waals surface area contributed by atoms with Gasteiger partial charge in [-0.05, 0) is 31.0 Å². The molecule has 0 aliphatic rings. The largest absolute Gasteiger partial charge is 1.00 e. The van der Waals surface area contributed by atoms with Crippen molar-refractivity contribution in [3.05, 3.63) is 48.0 Å². The fourth-order valence-electron chi connectivity index (χ4n) is 3.46. The van der Waals surface area contributed by atoms with Gasteiger partial charge < -0.3 is 9.84 Å². The van der Waals surface area contributed by atoms with Crippen molar-refractivity contribution >= 4 is 10.1 Å². The molecule has 0 unspecified atom stereocenters. The van der Waals surface area contributed by atoms with E-state index in [9.17, 15) is 18.1 Å². The second-order valence-corrected chi connectivity index (χ2v) is 9.15. The molecule has 1 N–H and O–H groups in total. The quantitative estimate of drug-likeness (QED) is 0.268. The summed E-state index contributed by atoms with van der Waals surface area (Å²) in [6.07, 6.45) is 12.3. The van der Waals surface area contributed by atoms with Gasteiger partial charge in [-0.25, -0.2) is 0 Å². The Hall–Kier alpha value is -1.05. The van der Waals surface area contributed by atoms with Crippen LogP contribution in [0.15, 0.2) is 47.4 Å². The number of benzene rings is 2. The van der Waals surface area contributed by atoms with Crippen LogP contribution in [0.4, 0.5) is 0 Å². The first-order chi connectivity index (χ1) is 14.4. The Kier molecular flexibility index (Phi) is 13.5. The molecule has 166 valence electrons. The van der Waals surface area contributed by atoms with Crippen LogP contribution in [0.2, 0.25) is 0 Å². The van der Waals surface area contributed by atoms with Gasteiger partial charge in [0.1, 0.15) is 11.5 Å². The molecule has 0 spiro atoms. The zero-order chi connectivity index (χ0) is 21.8. The van der Waals surface area contributed by atoms with Gasteiger partial charge in [0.25, 0.3) is 10.1 Å². The molecule has 5 nitrogen and oxygen atoms in total. The minimum Gasteiger partial charge on any atom is -0.870 e. The van der Waals surface area contributed by atoms with Crippen LogP contribution in [0.1, 0.15) is 76.7 Å². The van der Waals surface area contributed by atoms with Gasteiger partial charge in [0.2, 0.25) is 0 Å². The molecular weight excluding hydrogens is 423 g/mol. The number of ether oxygens (including phenoxy) is 1. The van der Waals surface area contributed by atoms with Crippen molar-refractivity contribution in [2.75, 3.05) is 0 Å². The van der Waals surface area contributed by atoms with E-state index in [0.29, 0.717) is 17.7 Å². The summed E-state index contributed by atoms with van der Waals surface area (Å²) in [5.41, 5.74) is 0.357. The first kappa shape index (κ1) is 28.0. The van der Waals surface area contributed by atoms with Crippen molar-refractivity contribution in [1.29, 1.82) is 0 Å². The van der Waals surface area contributed by atoms with E-state index >= 15 is 0 Å². The van der Waals surface area contributed by atoms with Crippen LogP contribution in [0, 0.1) is 0 Å². The van der Waals surface area contributed by atoms with Crippen LogP contribution in [0.3, 0.4) is 0 Å². The van der Waals surface area contributed by atoms with Gasteiger partial charge in [0, 0.05) is 6.07 Å². The molecule has 0 amide bonds. The molecule has 0 atom stereocenters. The van der Waals surface area contributed by atoms with Gasteiger partial charge in [-0.15, -0.1) is 0 Å². The molecule has 2 aromatic rings. The third-order valence-corrected chi connectivity index (χ3v) is 6.01. The standard InChI is InChI=1S/C24H34O5S.Na/c1-2-3-4-5-6-7-8-9-10-12-15-20-18-22(30(26,27)28)19-23(24(20)25)29-21-16-13-11-14-17-21;/h11,13-14,16-19,25H,2-10,12,15H2,1H3,(H,26,27,28);/q;+1/p-1. The van der Waals surface area contributed by atoms with E-state index in [1.165, 1.54) is 51.0 Å². The van der Waals surface area contributed by atoms with Crippen molar-refractivity contribution in [2.45, 2.75) is 82.4 Å². The second-order valence-electron chi connectivity index (χ2n) is 7.73. The minimum atomic E-state index is -4.43. The Morgan fingerprint density at radius 1 is 0.871 bits per heavy atom. The summed E-state index contributed by atoms with van der Waals surface area (Å²) >= 11 is 0. The number of hydrogen-bond donors (Lipinski definition) is 1. The summed E-state index contributed by atoms with van der Waals surface area (Å²) in [6.45, 7) is 2.22. The molecule has 0 aliphatic carbocycles. The monoisotopic (exact) mass is 456 g/mol. The predicted molar refractivity (Wildman–Crippen MR) is 118 cm³/mol. The molecule has 0 radical (unpaired) electrons. The van der Waals surface area contributed by atoms with E-state index in [-0.39, 0.29) is 46.0 Å². The van der Waals surface area contributed by atoms with E-state index in [0.717, 1.165) is 25.3 Å². The molecule has 2 aromatic carbocycles. The van der Waals surface area contributed by atoms with Crippen molar-refractivity contribution in [3.8, 4) is 17.2 Å². The van der Waals surface area contributed by atoms with Gasteiger partial charge in [0.05, 0.1) is 4.90 Å². The molecule has 0 saturated carbocycles. The molecule has 0 bridgehead atoms. The summed E-state index contributed by atoms with van der Waals surface area (Å²) in [6, 6.07) is 11.1. The topological polar surface area (TPSA) is 86.7 Å². The smallest absolute Gasteiger partial charge is 0.870 e. The van der Waals surface area contributed by atoms with E-state index in [1.807, 2.05) is 6.07 Å². The Labute approximate surface area is 209 Å². The summed E-state index contributed by atoms with van der Waals surface area (Å²) in [5, 5.41) is 12.7. The van der Waals surface area contributed by atoms with Crippen LogP contribution in [0.5, 0.6) is 17.2 Å². The Morgan fingerprint density at radius 2 is 1.42 bits per heavy atom. The number of unbranched alkanes of at least 4 members (excludes halogenated alkanes) is 9. The van der Waals surface area contributed by atoms with E-state index < -0.39 is 10.1 Å². The van der Waals surface area contributed by atoms with E-state index in [4.69, 9.17) is 4.74 Å². The summed E-state index contributed by atoms with van der Waals surface area (Å²) in [7, 11) is -4.43. The van der Waals surface area contributed by atoms with E-state index in [1.54, 1.807) is 24.3 Å². The maximum absolute atomic E-state index is 12.7. The number of rotatable bonds is 14. The summed E-state index contributed by atoms with van der Waals surface area (Å²) in [4.78, 5) is -0.310. The van der Waals surface area contributed by atoms with Gasteiger partial charge in [0.15, 0.2) is 0 Å². The minimum absolute atomic E-state index is 0. The number of aryl methyl sites for hydroxylation is 1. The van der Waals surface area contributed by atoms with Crippen molar-refractivity contribution in [2.24, 2.45) is 0 Å². The number of hydrogen-bond acceptors (Lipinski definition) is 4. The fourth-order valence-corrected chi connectivity index (χ4v) is 4.01. The zero-order valence-corrected chi connectivity index (χ0v) is 21.6. The van der Waals surface area contributed by atoms with Crippen LogP contribution < -0.4 is 39.4 Å². The zero-order valence-electron chi connectivity index (χ0n) is 18.8. The molecule has 2 rings (SSSR count).